The molecule has 0 radical (unpaired) electrons. The number of ether oxygens (including phenoxy) is 2. The third-order valence-corrected chi connectivity index (χ3v) is 3.17. The zero-order valence-corrected chi connectivity index (χ0v) is 13.7. The summed E-state index contributed by atoms with van der Waals surface area (Å²) in [5.74, 6) is -1.74. The molecule has 7 nitrogen and oxygen atoms in total. The van der Waals surface area contributed by atoms with E-state index in [1.54, 1.807) is 31.2 Å². The van der Waals surface area contributed by atoms with Gasteiger partial charge in [0, 0.05) is 6.92 Å². The fourth-order valence-electron chi connectivity index (χ4n) is 2.03. The number of benzene rings is 2. The molecule has 1 atom stereocenters. The zero-order chi connectivity index (χ0) is 18.4. The summed E-state index contributed by atoms with van der Waals surface area (Å²) in [4.78, 5) is 34.6. The highest BCUT2D eigenvalue weighted by molar-refractivity contribution is 6.02. The van der Waals surface area contributed by atoms with Crippen LogP contribution >= 0.6 is 0 Å². The Morgan fingerprint density at radius 2 is 1.72 bits per heavy atom. The number of amides is 1. The summed E-state index contributed by atoms with van der Waals surface area (Å²) in [6.45, 7) is 2.76. The van der Waals surface area contributed by atoms with E-state index in [1.807, 2.05) is 6.07 Å². The molecule has 2 N–H and O–H groups in total. The minimum Gasteiger partial charge on any atom is -0.481 e. The topological polar surface area (TPSA) is 102 Å². The number of carboxylic acid groups (broad SMARTS) is 1. The lowest BCUT2D eigenvalue weighted by Crippen LogP contribution is -2.30. The smallest absolute Gasteiger partial charge is 0.337 e. The normalized spacial score (nSPS) is 11.3. The lowest BCUT2D eigenvalue weighted by atomic mass is 10.1. The molecule has 130 valence electrons. The number of carbonyl (C=O) groups excluding carboxylic acids is 2. The lowest BCUT2D eigenvalue weighted by molar-refractivity contribution is -0.131. The van der Waals surface area contributed by atoms with Gasteiger partial charge in [0.15, 0.2) is 6.10 Å². The first-order valence-corrected chi connectivity index (χ1v) is 7.45. The molecule has 0 bridgehead atoms. The Morgan fingerprint density at radius 3 is 2.32 bits per heavy atom. The maximum atomic E-state index is 12.2. The van der Waals surface area contributed by atoms with Crippen LogP contribution < -0.4 is 14.8 Å². The highest BCUT2D eigenvalue weighted by Crippen LogP contribution is 2.23. The second-order valence-electron chi connectivity index (χ2n) is 5.17. The molecule has 0 saturated heterocycles. The molecule has 0 fully saturated rings. The maximum absolute atomic E-state index is 12.2. The summed E-state index contributed by atoms with van der Waals surface area (Å²) in [7, 11) is 0. The molecular formula is C18H17NO6. The molecule has 0 aromatic heterocycles. The van der Waals surface area contributed by atoms with Gasteiger partial charge < -0.3 is 19.9 Å². The number of hydrogen-bond acceptors (Lipinski definition) is 5. The number of nitrogens with one attached hydrogen (secondary N) is 1. The van der Waals surface area contributed by atoms with Gasteiger partial charge in [-0.2, -0.15) is 0 Å². The number of hydrogen-bond donors (Lipinski definition) is 2. The number of para-hydroxylation sites is 1. The van der Waals surface area contributed by atoms with Crippen molar-refractivity contribution in [1.82, 2.24) is 0 Å². The number of esters is 1. The number of carbonyl (C=O) groups is 3. The fraction of sp³-hybridized carbons (Fsp3) is 0.167. The van der Waals surface area contributed by atoms with Crippen LogP contribution in [-0.2, 0) is 9.59 Å². The molecule has 2 aromatic rings. The first kappa shape index (κ1) is 18.0. The van der Waals surface area contributed by atoms with Gasteiger partial charge in [0.1, 0.15) is 11.5 Å². The zero-order valence-electron chi connectivity index (χ0n) is 13.7. The standard InChI is InChI=1S/C18H17NO6/c1-11(24-13-6-4-3-5-7-13)17(21)19-16-9-8-14(25-12(2)20)10-15(16)18(22)23/h3-11H,1-2H3,(H,19,21)(H,22,23)/t11-/m1/s1. The fourth-order valence-corrected chi connectivity index (χ4v) is 2.03. The van der Waals surface area contributed by atoms with Crippen LogP contribution in [0.2, 0.25) is 0 Å². The largest absolute Gasteiger partial charge is 0.481 e. The molecule has 2 rings (SSSR count). The average Bonchev–Trinajstić information content (AvgIpc) is 2.56. The first-order chi connectivity index (χ1) is 11.9. The van der Waals surface area contributed by atoms with Gasteiger partial charge in [0.05, 0.1) is 11.3 Å². The van der Waals surface area contributed by atoms with E-state index in [9.17, 15) is 19.5 Å². The molecule has 1 amide bonds. The van der Waals surface area contributed by atoms with Crippen molar-refractivity contribution >= 4 is 23.5 Å². The van der Waals surface area contributed by atoms with Crippen molar-refractivity contribution in [1.29, 1.82) is 0 Å². The van der Waals surface area contributed by atoms with Crippen LogP contribution in [0.5, 0.6) is 11.5 Å². The van der Waals surface area contributed by atoms with Gasteiger partial charge in [-0.15, -0.1) is 0 Å². The number of anilines is 1. The second kappa shape index (κ2) is 7.96. The maximum Gasteiger partial charge on any atom is 0.337 e. The highest BCUT2D eigenvalue weighted by Gasteiger charge is 2.19. The van der Waals surface area contributed by atoms with Crippen LogP contribution in [0.4, 0.5) is 5.69 Å². The molecular weight excluding hydrogens is 326 g/mol. The summed E-state index contributed by atoms with van der Waals surface area (Å²) < 4.78 is 10.3. The van der Waals surface area contributed by atoms with Crippen LogP contribution in [0.3, 0.4) is 0 Å². The van der Waals surface area contributed by atoms with Crippen molar-refractivity contribution in [2.24, 2.45) is 0 Å². The van der Waals surface area contributed by atoms with E-state index < -0.39 is 23.9 Å². The Bertz CT molecular complexity index is 787. The van der Waals surface area contributed by atoms with Crippen molar-refractivity contribution in [3.05, 3.63) is 54.1 Å². The van der Waals surface area contributed by atoms with Crippen LogP contribution in [0, 0.1) is 0 Å². The van der Waals surface area contributed by atoms with E-state index in [4.69, 9.17) is 9.47 Å². The quantitative estimate of drug-likeness (QED) is 0.618. The van der Waals surface area contributed by atoms with E-state index in [2.05, 4.69) is 5.32 Å². The third kappa shape index (κ3) is 5.07. The molecule has 0 heterocycles. The Hall–Kier alpha value is -3.35. The number of aromatic carboxylic acids is 1. The van der Waals surface area contributed by atoms with Crippen molar-refractivity contribution in [2.45, 2.75) is 20.0 Å². The Balaban J connectivity index is 2.13. The number of rotatable bonds is 6. The van der Waals surface area contributed by atoms with Crippen LogP contribution in [-0.4, -0.2) is 29.1 Å². The van der Waals surface area contributed by atoms with Gasteiger partial charge in [-0.1, -0.05) is 18.2 Å². The van der Waals surface area contributed by atoms with Gasteiger partial charge in [0.25, 0.3) is 5.91 Å². The van der Waals surface area contributed by atoms with Gasteiger partial charge in [-0.25, -0.2) is 4.79 Å². The summed E-state index contributed by atoms with van der Waals surface area (Å²) in [5.41, 5.74) is -0.115. The summed E-state index contributed by atoms with van der Waals surface area (Å²) >= 11 is 0. The Morgan fingerprint density at radius 1 is 1.04 bits per heavy atom. The van der Waals surface area contributed by atoms with Crippen LogP contribution in [0.1, 0.15) is 24.2 Å². The molecule has 2 aromatic carbocycles. The van der Waals surface area contributed by atoms with Crippen LogP contribution in [0.15, 0.2) is 48.5 Å². The minimum absolute atomic E-state index is 0.0801. The second-order valence-corrected chi connectivity index (χ2v) is 5.17. The third-order valence-electron chi connectivity index (χ3n) is 3.17. The van der Waals surface area contributed by atoms with E-state index in [-0.39, 0.29) is 17.0 Å². The van der Waals surface area contributed by atoms with E-state index in [0.717, 1.165) is 0 Å². The van der Waals surface area contributed by atoms with E-state index in [1.165, 1.54) is 25.1 Å². The van der Waals surface area contributed by atoms with E-state index >= 15 is 0 Å². The molecule has 0 unspecified atom stereocenters. The van der Waals surface area contributed by atoms with Gasteiger partial charge >= 0.3 is 11.9 Å². The van der Waals surface area contributed by atoms with Gasteiger partial charge in [-0.3, -0.25) is 9.59 Å². The van der Waals surface area contributed by atoms with Crippen molar-refractivity contribution in [2.75, 3.05) is 5.32 Å². The molecule has 0 spiro atoms. The van der Waals surface area contributed by atoms with Crippen molar-refractivity contribution in [3.63, 3.8) is 0 Å². The van der Waals surface area contributed by atoms with Crippen molar-refractivity contribution < 1.29 is 29.0 Å². The predicted octanol–water partition coefficient (Wildman–Crippen LogP) is 2.72. The lowest BCUT2D eigenvalue weighted by Gasteiger charge is -2.16. The molecule has 0 aliphatic heterocycles. The first-order valence-electron chi connectivity index (χ1n) is 7.45. The van der Waals surface area contributed by atoms with E-state index in [0.29, 0.717) is 5.75 Å². The molecule has 0 aliphatic rings. The molecule has 0 saturated carbocycles. The van der Waals surface area contributed by atoms with Gasteiger partial charge in [-0.05, 0) is 37.3 Å². The number of carboxylic acids is 1. The molecule has 7 heteroatoms. The predicted molar refractivity (Wildman–Crippen MR) is 89.9 cm³/mol. The minimum atomic E-state index is -1.26. The van der Waals surface area contributed by atoms with Crippen LogP contribution in [0.25, 0.3) is 0 Å². The highest BCUT2D eigenvalue weighted by atomic mass is 16.5. The average molecular weight is 343 g/mol. The monoisotopic (exact) mass is 343 g/mol. The Labute approximate surface area is 144 Å². The summed E-state index contributed by atoms with van der Waals surface area (Å²) in [6.07, 6.45) is -0.836. The van der Waals surface area contributed by atoms with Gasteiger partial charge in [0.2, 0.25) is 0 Å². The molecule has 25 heavy (non-hydrogen) atoms. The summed E-state index contributed by atoms with van der Waals surface area (Å²) in [5, 5.41) is 11.8. The molecule has 0 aliphatic carbocycles. The SMILES string of the molecule is CC(=O)Oc1ccc(NC(=O)[C@@H](C)Oc2ccccc2)c(C(=O)O)c1. The Kier molecular flexibility index (Phi) is 5.73. The summed E-state index contributed by atoms with van der Waals surface area (Å²) in [6, 6.07) is 12.7. The van der Waals surface area contributed by atoms with Crippen molar-refractivity contribution in [3.8, 4) is 11.5 Å².